The van der Waals surface area contributed by atoms with Gasteiger partial charge in [0.05, 0.1) is 5.56 Å². The van der Waals surface area contributed by atoms with Crippen LogP contribution in [0.1, 0.15) is 15.9 Å². The number of hydrogen-bond donors (Lipinski definition) is 1. The maximum absolute atomic E-state index is 13.4. The molecule has 2 aromatic rings. The number of benzene rings is 2. The van der Waals surface area contributed by atoms with E-state index in [0.717, 1.165) is 0 Å². The number of carbonyl (C=O) groups is 1. The second kappa shape index (κ2) is 5.84. The van der Waals surface area contributed by atoms with Crippen LogP contribution in [-0.2, 0) is 6.61 Å². The molecule has 0 saturated heterocycles. The highest BCUT2D eigenvalue weighted by Gasteiger charge is 2.09. The van der Waals surface area contributed by atoms with Gasteiger partial charge in [-0.1, -0.05) is 18.2 Å². The molecule has 0 spiro atoms. The average molecular weight is 325 g/mol. The molecule has 0 atom stereocenters. The second-order valence-electron chi connectivity index (χ2n) is 3.83. The molecule has 0 aliphatic heterocycles. The Morgan fingerprint density at radius 3 is 2.63 bits per heavy atom. The van der Waals surface area contributed by atoms with Gasteiger partial charge < -0.3 is 9.84 Å². The highest BCUT2D eigenvalue weighted by atomic mass is 79.9. The van der Waals surface area contributed by atoms with E-state index in [2.05, 4.69) is 15.9 Å². The smallest absolute Gasteiger partial charge is 0.336 e. The van der Waals surface area contributed by atoms with E-state index in [1.165, 1.54) is 18.2 Å². The molecule has 0 radical (unpaired) electrons. The van der Waals surface area contributed by atoms with Crippen molar-refractivity contribution >= 4 is 21.9 Å². The van der Waals surface area contributed by atoms with Gasteiger partial charge in [0, 0.05) is 10.0 Å². The van der Waals surface area contributed by atoms with Gasteiger partial charge in [-0.25, -0.2) is 9.18 Å². The number of halogens is 2. The number of carboxylic acid groups (broad SMARTS) is 1. The third-order valence-electron chi connectivity index (χ3n) is 2.52. The van der Waals surface area contributed by atoms with E-state index < -0.39 is 5.97 Å². The fourth-order valence-electron chi connectivity index (χ4n) is 1.54. The summed E-state index contributed by atoms with van der Waals surface area (Å²) < 4.78 is 19.2. The van der Waals surface area contributed by atoms with E-state index in [4.69, 9.17) is 9.84 Å². The van der Waals surface area contributed by atoms with Crippen LogP contribution in [0.5, 0.6) is 5.75 Å². The standard InChI is InChI=1S/C14H10BrFO3/c15-12-7-10(5-6-11(12)14(17)18)19-8-9-3-1-2-4-13(9)16/h1-7H,8H2,(H,17,18). The fourth-order valence-corrected chi connectivity index (χ4v) is 2.06. The maximum atomic E-state index is 13.4. The lowest BCUT2D eigenvalue weighted by atomic mass is 10.2. The number of rotatable bonds is 4. The average Bonchev–Trinajstić information content (AvgIpc) is 2.37. The molecular weight excluding hydrogens is 315 g/mol. The van der Waals surface area contributed by atoms with Crippen molar-refractivity contribution in [3.8, 4) is 5.75 Å². The Hall–Kier alpha value is -1.88. The van der Waals surface area contributed by atoms with Crippen molar-refractivity contribution in [1.29, 1.82) is 0 Å². The zero-order valence-electron chi connectivity index (χ0n) is 9.77. The van der Waals surface area contributed by atoms with Crippen LogP contribution in [0, 0.1) is 5.82 Å². The maximum Gasteiger partial charge on any atom is 0.336 e. The molecule has 3 nitrogen and oxygen atoms in total. The third kappa shape index (κ3) is 3.32. The van der Waals surface area contributed by atoms with Gasteiger partial charge in [0.2, 0.25) is 0 Å². The van der Waals surface area contributed by atoms with Gasteiger partial charge in [0.15, 0.2) is 0 Å². The van der Waals surface area contributed by atoms with Gasteiger partial charge >= 0.3 is 5.97 Å². The van der Waals surface area contributed by atoms with Crippen molar-refractivity contribution < 1.29 is 19.0 Å². The summed E-state index contributed by atoms with van der Waals surface area (Å²) in [4.78, 5) is 10.8. The molecule has 2 rings (SSSR count). The van der Waals surface area contributed by atoms with Crippen molar-refractivity contribution in [3.63, 3.8) is 0 Å². The first kappa shape index (κ1) is 13.5. The Morgan fingerprint density at radius 2 is 2.00 bits per heavy atom. The summed E-state index contributed by atoms with van der Waals surface area (Å²) in [6, 6.07) is 10.9. The third-order valence-corrected chi connectivity index (χ3v) is 3.18. The molecule has 1 N–H and O–H groups in total. The SMILES string of the molecule is O=C(O)c1ccc(OCc2ccccc2F)cc1Br. The van der Waals surface area contributed by atoms with Crippen LogP contribution in [0.3, 0.4) is 0 Å². The van der Waals surface area contributed by atoms with Gasteiger partial charge in [0.25, 0.3) is 0 Å². The number of ether oxygens (including phenoxy) is 1. The van der Waals surface area contributed by atoms with Crippen molar-refractivity contribution in [1.82, 2.24) is 0 Å². The van der Waals surface area contributed by atoms with Gasteiger partial charge in [-0.05, 0) is 40.2 Å². The Kier molecular flexibility index (Phi) is 4.16. The molecule has 98 valence electrons. The summed E-state index contributed by atoms with van der Waals surface area (Å²) in [5, 5.41) is 8.88. The van der Waals surface area contributed by atoms with E-state index in [1.54, 1.807) is 24.3 Å². The minimum atomic E-state index is -1.02. The van der Waals surface area contributed by atoms with E-state index in [-0.39, 0.29) is 18.0 Å². The van der Waals surface area contributed by atoms with Crippen molar-refractivity contribution in [2.45, 2.75) is 6.61 Å². The lowest BCUT2D eigenvalue weighted by Gasteiger charge is -2.08. The van der Waals surface area contributed by atoms with Crippen LogP contribution < -0.4 is 4.74 Å². The Labute approximate surface area is 117 Å². The molecule has 0 fully saturated rings. The minimum absolute atomic E-state index is 0.0888. The Balaban J connectivity index is 2.11. The van der Waals surface area contributed by atoms with Crippen LogP contribution >= 0.6 is 15.9 Å². The van der Waals surface area contributed by atoms with Crippen LogP contribution in [-0.4, -0.2) is 11.1 Å². The van der Waals surface area contributed by atoms with E-state index in [1.807, 2.05) is 0 Å². The Bertz CT molecular complexity index is 613. The summed E-state index contributed by atoms with van der Waals surface area (Å²) in [5.41, 5.74) is 0.596. The van der Waals surface area contributed by atoms with Gasteiger partial charge in [-0.2, -0.15) is 0 Å². The predicted octanol–water partition coefficient (Wildman–Crippen LogP) is 3.87. The highest BCUT2D eigenvalue weighted by molar-refractivity contribution is 9.10. The minimum Gasteiger partial charge on any atom is -0.489 e. The number of hydrogen-bond acceptors (Lipinski definition) is 2. The summed E-state index contributed by atoms with van der Waals surface area (Å²) >= 11 is 3.15. The normalized spacial score (nSPS) is 10.2. The van der Waals surface area contributed by atoms with E-state index in [9.17, 15) is 9.18 Å². The van der Waals surface area contributed by atoms with Crippen molar-refractivity contribution in [3.05, 3.63) is 63.9 Å². The van der Waals surface area contributed by atoms with E-state index in [0.29, 0.717) is 15.8 Å². The van der Waals surface area contributed by atoms with Crippen LogP contribution in [0.15, 0.2) is 46.9 Å². The zero-order valence-corrected chi connectivity index (χ0v) is 11.4. The molecule has 0 unspecified atom stereocenters. The number of aromatic carboxylic acids is 1. The van der Waals surface area contributed by atoms with E-state index >= 15 is 0 Å². The predicted molar refractivity (Wildman–Crippen MR) is 71.8 cm³/mol. The van der Waals surface area contributed by atoms with Crippen LogP contribution in [0.25, 0.3) is 0 Å². The van der Waals surface area contributed by atoms with Gasteiger partial charge in [-0.3, -0.25) is 0 Å². The molecule has 19 heavy (non-hydrogen) atoms. The molecule has 5 heteroatoms. The molecule has 0 amide bonds. The number of carboxylic acids is 1. The molecule has 0 saturated carbocycles. The lowest BCUT2D eigenvalue weighted by molar-refractivity contribution is 0.0696. The molecule has 0 aliphatic rings. The van der Waals surface area contributed by atoms with Gasteiger partial charge in [0.1, 0.15) is 18.2 Å². The largest absolute Gasteiger partial charge is 0.489 e. The molecule has 2 aromatic carbocycles. The second-order valence-corrected chi connectivity index (χ2v) is 4.68. The van der Waals surface area contributed by atoms with Crippen LogP contribution in [0.2, 0.25) is 0 Å². The zero-order chi connectivity index (χ0) is 13.8. The van der Waals surface area contributed by atoms with Crippen LogP contribution in [0.4, 0.5) is 4.39 Å². The van der Waals surface area contributed by atoms with Crippen molar-refractivity contribution in [2.75, 3.05) is 0 Å². The molecule has 0 heterocycles. The summed E-state index contributed by atoms with van der Waals surface area (Å²) in [6.07, 6.45) is 0. The summed E-state index contributed by atoms with van der Waals surface area (Å²) in [5.74, 6) is -0.878. The molecular formula is C14H10BrFO3. The quantitative estimate of drug-likeness (QED) is 0.928. The first-order valence-electron chi connectivity index (χ1n) is 5.47. The topological polar surface area (TPSA) is 46.5 Å². The summed E-state index contributed by atoms with van der Waals surface area (Å²) in [6.45, 7) is 0.0888. The lowest BCUT2D eigenvalue weighted by Crippen LogP contribution is -2.00. The first-order valence-corrected chi connectivity index (χ1v) is 6.26. The summed E-state index contributed by atoms with van der Waals surface area (Å²) in [7, 11) is 0. The van der Waals surface area contributed by atoms with Gasteiger partial charge in [-0.15, -0.1) is 0 Å². The monoisotopic (exact) mass is 324 g/mol. The molecule has 0 aliphatic carbocycles. The molecule has 0 aromatic heterocycles. The fraction of sp³-hybridized carbons (Fsp3) is 0.0714. The van der Waals surface area contributed by atoms with Crippen molar-refractivity contribution in [2.24, 2.45) is 0 Å². The highest BCUT2D eigenvalue weighted by Crippen LogP contribution is 2.24. The first-order chi connectivity index (χ1) is 9.08. The Morgan fingerprint density at radius 1 is 1.26 bits per heavy atom. The molecule has 0 bridgehead atoms.